The van der Waals surface area contributed by atoms with Crippen LogP contribution in [0.25, 0.3) is 0 Å². The number of sulfonamides is 1. The molecule has 2 N–H and O–H groups in total. The van der Waals surface area contributed by atoms with Crippen LogP contribution in [0.3, 0.4) is 0 Å². The highest BCUT2D eigenvalue weighted by atomic mass is 35.5. The molecule has 9 heteroatoms. The van der Waals surface area contributed by atoms with Gasteiger partial charge >= 0.3 is 5.97 Å². The van der Waals surface area contributed by atoms with Gasteiger partial charge in [-0.25, -0.2) is 13.1 Å². The minimum Gasteiger partial charge on any atom is -0.480 e. The molecule has 0 atom stereocenters. The molecule has 0 aromatic heterocycles. The zero-order valence-electron chi connectivity index (χ0n) is 15.0. The number of aliphatic carboxylic acids is 1. The number of hydrogen-bond donors (Lipinski definition) is 2. The van der Waals surface area contributed by atoms with Crippen LogP contribution >= 0.6 is 12.4 Å². The van der Waals surface area contributed by atoms with Crippen LogP contribution in [-0.2, 0) is 14.8 Å². The summed E-state index contributed by atoms with van der Waals surface area (Å²) >= 11 is 0. The zero-order chi connectivity index (χ0) is 18.3. The first-order chi connectivity index (χ1) is 11.9. The molecular formula is C17H28ClN3O4S. The van der Waals surface area contributed by atoms with E-state index >= 15 is 0 Å². The Morgan fingerprint density at radius 2 is 1.88 bits per heavy atom. The third-order valence-electron chi connectivity index (χ3n) is 4.59. The van der Waals surface area contributed by atoms with E-state index in [0.717, 1.165) is 32.5 Å². The number of piperidine rings is 1. The third-order valence-corrected chi connectivity index (χ3v) is 6.07. The summed E-state index contributed by atoms with van der Waals surface area (Å²) in [7, 11) is -3.45. The Morgan fingerprint density at radius 3 is 2.42 bits per heavy atom. The summed E-state index contributed by atoms with van der Waals surface area (Å²) in [6.07, 6.45) is 1.82. The summed E-state index contributed by atoms with van der Waals surface area (Å²) < 4.78 is 27.0. The van der Waals surface area contributed by atoms with Gasteiger partial charge in [0, 0.05) is 19.1 Å². The van der Waals surface area contributed by atoms with Crippen molar-refractivity contribution in [1.29, 1.82) is 0 Å². The van der Waals surface area contributed by atoms with E-state index in [9.17, 15) is 13.2 Å². The zero-order valence-corrected chi connectivity index (χ0v) is 16.6. The van der Waals surface area contributed by atoms with Crippen molar-refractivity contribution in [3.05, 3.63) is 30.3 Å². The first kappa shape index (κ1) is 22.9. The van der Waals surface area contributed by atoms with E-state index in [0.29, 0.717) is 19.1 Å². The number of nitrogens with zero attached hydrogens (tertiary/aromatic N) is 2. The molecule has 0 radical (unpaired) electrons. The lowest BCUT2D eigenvalue weighted by Gasteiger charge is -2.37. The number of halogens is 1. The van der Waals surface area contributed by atoms with Crippen LogP contribution in [-0.4, -0.2) is 74.6 Å². The van der Waals surface area contributed by atoms with Crippen molar-refractivity contribution in [3.8, 4) is 0 Å². The van der Waals surface area contributed by atoms with Crippen molar-refractivity contribution in [2.45, 2.75) is 30.7 Å². The molecule has 1 aromatic rings. The number of likely N-dealkylation sites (N-methyl/N-ethyl adjacent to an activating group) is 1. The van der Waals surface area contributed by atoms with Gasteiger partial charge in [0.15, 0.2) is 0 Å². The molecule has 1 saturated heterocycles. The number of carbonyl (C=O) groups is 1. The number of carboxylic acid groups (broad SMARTS) is 1. The number of carboxylic acids is 1. The quantitative estimate of drug-likeness (QED) is 0.642. The summed E-state index contributed by atoms with van der Waals surface area (Å²) in [5.41, 5.74) is 0. The molecule has 0 unspecified atom stereocenters. The molecule has 1 aliphatic rings. The van der Waals surface area contributed by atoms with Crippen LogP contribution in [0, 0.1) is 0 Å². The molecule has 1 aromatic carbocycles. The van der Waals surface area contributed by atoms with Crippen LogP contribution in [0.4, 0.5) is 0 Å². The van der Waals surface area contributed by atoms with Gasteiger partial charge in [-0.3, -0.25) is 9.69 Å². The molecule has 0 bridgehead atoms. The fraction of sp³-hybridized carbons (Fsp3) is 0.588. The van der Waals surface area contributed by atoms with Crippen molar-refractivity contribution < 1.29 is 18.3 Å². The fourth-order valence-electron chi connectivity index (χ4n) is 3.20. The smallest absolute Gasteiger partial charge is 0.317 e. The van der Waals surface area contributed by atoms with E-state index in [4.69, 9.17) is 5.11 Å². The van der Waals surface area contributed by atoms with Crippen molar-refractivity contribution in [2.24, 2.45) is 0 Å². The molecule has 0 amide bonds. The number of rotatable bonds is 9. The second-order valence-corrected chi connectivity index (χ2v) is 8.01. The maximum atomic E-state index is 12.2. The Morgan fingerprint density at radius 1 is 1.27 bits per heavy atom. The lowest BCUT2D eigenvalue weighted by molar-refractivity contribution is -0.139. The molecule has 148 valence electrons. The number of benzene rings is 1. The largest absolute Gasteiger partial charge is 0.480 e. The average molecular weight is 406 g/mol. The lowest BCUT2D eigenvalue weighted by Crippen LogP contribution is -2.47. The summed E-state index contributed by atoms with van der Waals surface area (Å²) in [5.74, 6) is -0.792. The molecule has 1 heterocycles. The van der Waals surface area contributed by atoms with E-state index < -0.39 is 16.0 Å². The highest BCUT2D eigenvalue weighted by Gasteiger charge is 2.25. The number of nitrogens with one attached hydrogen (secondary N) is 1. The summed E-state index contributed by atoms with van der Waals surface area (Å²) in [4.78, 5) is 15.4. The molecule has 0 spiro atoms. The molecule has 1 aliphatic heterocycles. The molecule has 0 aliphatic carbocycles. The average Bonchev–Trinajstić information content (AvgIpc) is 2.61. The molecule has 26 heavy (non-hydrogen) atoms. The van der Waals surface area contributed by atoms with Gasteiger partial charge in [0.1, 0.15) is 0 Å². The molecule has 0 saturated carbocycles. The molecule has 7 nitrogen and oxygen atoms in total. The summed E-state index contributed by atoms with van der Waals surface area (Å²) in [5, 5.41) is 8.97. The summed E-state index contributed by atoms with van der Waals surface area (Å²) in [6, 6.07) is 8.64. The van der Waals surface area contributed by atoms with Crippen LogP contribution in [0.1, 0.15) is 19.8 Å². The highest BCUT2D eigenvalue weighted by Crippen LogP contribution is 2.16. The van der Waals surface area contributed by atoms with Crippen molar-refractivity contribution in [1.82, 2.24) is 14.5 Å². The van der Waals surface area contributed by atoms with Gasteiger partial charge in [0.25, 0.3) is 0 Å². The monoisotopic (exact) mass is 405 g/mol. The number of likely N-dealkylation sites (tertiary alicyclic amines) is 1. The fourth-order valence-corrected chi connectivity index (χ4v) is 4.24. The van der Waals surface area contributed by atoms with Gasteiger partial charge in [-0.1, -0.05) is 25.1 Å². The normalized spacial score (nSPS) is 16.4. The second-order valence-electron chi connectivity index (χ2n) is 6.24. The van der Waals surface area contributed by atoms with E-state index in [1.54, 1.807) is 30.3 Å². The number of hydrogen-bond acceptors (Lipinski definition) is 5. The molecule has 1 fully saturated rings. The Bertz CT molecular complexity index is 649. The van der Waals surface area contributed by atoms with Crippen LogP contribution in [0.2, 0.25) is 0 Å². The predicted octanol–water partition coefficient (Wildman–Crippen LogP) is 1.26. The first-order valence-electron chi connectivity index (χ1n) is 8.65. The van der Waals surface area contributed by atoms with Gasteiger partial charge in [-0.15, -0.1) is 12.4 Å². The van der Waals surface area contributed by atoms with Crippen molar-refractivity contribution >= 4 is 28.4 Å². The highest BCUT2D eigenvalue weighted by molar-refractivity contribution is 7.89. The maximum Gasteiger partial charge on any atom is 0.317 e. The Hall–Kier alpha value is -1.19. The minimum absolute atomic E-state index is 0. The van der Waals surface area contributed by atoms with Gasteiger partial charge < -0.3 is 10.0 Å². The van der Waals surface area contributed by atoms with Crippen LogP contribution < -0.4 is 4.72 Å². The standard InChI is InChI=1S/C17H27N3O4S.ClH/c1-2-20(14-17(21)22)15-8-11-19(12-9-15)13-10-18-25(23,24)16-6-4-3-5-7-16;/h3-7,15,18H,2,8-14H2,1H3,(H,21,22);1H. The van der Waals surface area contributed by atoms with E-state index in [2.05, 4.69) is 9.62 Å². The van der Waals surface area contributed by atoms with Crippen molar-refractivity contribution in [2.75, 3.05) is 39.3 Å². The maximum absolute atomic E-state index is 12.2. The van der Waals surface area contributed by atoms with Gasteiger partial charge in [-0.2, -0.15) is 0 Å². The van der Waals surface area contributed by atoms with Crippen LogP contribution in [0.15, 0.2) is 35.2 Å². The van der Waals surface area contributed by atoms with E-state index in [1.165, 1.54) is 0 Å². The van der Waals surface area contributed by atoms with E-state index in [-0.39, 0.29) is 23.8 Å². The SMILES string of the molecule is CCN(CC(=O)O)C1CCN(CCNS(=O)(=O)c2ccccc2)CC1.Cl. The van der Waals surface area contributed by atoms with Crippen molar-refractivity contribution in [3.63, 3.8) is 0 Å². The predicted molar refractivity (Wildman–Crippen MR) is 103 cm³/mol. The molecular weight excluding hydrogens is 378 g/mol. The summed E-state index contributed by atoms with van der Waals surface area (Å²) in [6.45, 7) is 5.53. The molecule has 2 rings (SSSR count). The van der Waals surface area contributed by atoms with Crippen LogP contribution in [0.5, 0.6) is 0 Å². The van der Waals surface area contributed by atoms with Gasteiger partial charge in [-0.05, 0) is 44.6 Å². The third kappa shape index (κ3) is 6.85. The Balaban J connectivity index is 0.00000338. The van der Waals surface area contributed by atoms with Gasteiger partial charge in [0.2, 0.25) is 10.0 Å². The Kier molecular flexibility index (Phi) is 9.52. The van der Waals surface area contributed by atoms with Gasteiger partial charge in [0.05, 0.1) is 11.4 Å². The first-order valence-corrected chi connectivity index (χ1v) is 10.1. The minimum atomic E-state index is -3.45. The second kappa shape index (κ2) is 10.8. The van der Waals surface area contributed by atoms with E-state index in [1.807, 2.05) is 11.8 Å². The topological polar surface area (TPSA) is 90.0 Å². The lowest BCUT2D eigenvalue weighted by atomic mass is 10.0. The Labute approximate surface area is 161 Å².